The molecule has 3 rings (SSSR count). The highest BCUT2D eigenvalue weighted by Crippen LogP contribution is 2.34. The largest absolute Gasteiger partial charge is 0.454 e. The maximum atomic E-state index is 11.9. The molecule has 23 heavy (non-hydrogen) atoms. The topological polar surface area (TPSA) is 89.6 Å². The highest BCUT2D eigenvalue weighted by Gasteiger charge is 2.14. The van der Waals surface area contributed by atoms with Crippen LogP contribution >= 0.6 is 0 Å². The second-order valence-corrected chi connectivity index (χ2v) is 4.86. The number of amides is 2. The third-order valence-corrected chi connectivity index (χ3v) is 3.22. The number of rotatable bonds is 5. The Morgan fingerprint density at radius 1 is 1.17 bits per heavy atom. The molecule has 0 bridgehead atoms. The molecule has 2 heterocycles. The van der Waals surface area contributed by atoms with E-state index in [0.717, 1.165) is 0 Å². The zero-order valence-electron chi connectivity index (χ0n) is 12.2. The minimum absolute atomic E-state index is 0.167. The fraction of sp³-hybridized carbons (Fsp3) is 0.188. The van der Waals surface area contributed by atoms with Crippen molar-refractivity contribution in [3.05, 3.63) is 48.3 Å². The fourth-order valence-electron chi connectivity index (χ4n) is 2.09. The monoisotopic (exact) mass is 313 g/mol. The third-order valence-electron chi connectivity index (χ3n) is 3.22. The zero-order chi connectivity index (χ0) is 16.1. The molecule has 0 aliphatic carbocycles. The number of hydrogen-bond acceptors (Lipinski definition) is 5. The molecule has 2 amide bonds. The summed E-state index contributed by atoms with van der Waals surface area (Å²) in [4.78, 5) is 27.6. The summed E-state index contributed by atoms with van der Waals surface area (Å²) in [7, 11) is 0. The van der Waals surface area contributed by atoms with E-state index in [1.807, 2.05) is 0 Å². The Kier molecular flexibility index (Phi) is 4.37. The first kappa shape index (κ1) is 14.8. The Morgan fingerprint density at radius 2 is 2.04 bits per heavy atom. The van der Waals surface area contributed by atoms with Crippen LogP contribution in [0.1, 0.15) is 16.8 Å². The maximum Gasteiger partial charge on any atom is 0.252 e. The summed E-state index contributed by atoms with van der Waals surface area (Å²) in [6.45, 7) is 0.428. The lowest BCUT2D eigenvalue weighted by Gasteiger charge is -2.07. The number of anilines is 1. The molecule has 118 valence electrons. The van der Waals surface area contributed by atoms with E-state index in [-0.39, 0.29) is 31.6 Å². The molecule has 7 heteroatoms. The Balaban J connectivity index is 1.46. The van der Waals surface area contributed by atoms with Gasteiger partial charge in [-0.25, -0.2) is 0 Å². The number of fused-ring (bicyclic) bond motifs is 1. The van der Waals surface area contributed by atoms with E-state index in [0.29, 0.717) is 22.7 Å². The van der Waals surface area contributed by atoms with Gasteiger partial charge in [-0.1, -0.05) is 0 Å². The van der Waals surface area contributed by atoms with Gasteiger partial charge in [0.2, 0.25) is 12.7 Å². The van der Waals surface area contributed by atoms with Gasteiger partial charge in [0.15, 0.2) is 11.5 Å². The van der Waals surface area contributed by atoms with Crippen LogP contribution in [0.4, 0.5) is 5.69 Å². The summed E-state index contributed by atoms with van der Waals surface area (Å²) in [5, 5.41) is 5.42. The first-order chi connectivity index (χ1) is 11.2. The number of carbonyl (C=O) groups is 2. The van der Waals surface area contributed by atoms with E-state index >= 15 is 0 Å². The molecule has 2 aromatic rings. The molecule has 1 aliphatic rings. The molecule has 0 atom stereocenters. The first-order valence-corrected chi connectivity index (χ1v) is 7.10. The quantitative estimate of drug-likeness (QED) is 0.874. The van der Waals surface area contributed by atoms with Gasteiger partial charge >= 0.3 is 0 Å². The molecule has 1 aromatic carbocycles. The van der Waals surface area contributed by atoms with E-state index in [9.17, 15) is 9.59 Å². The van der Waals surface area contributed by atoms with Gasteiger partial charge in [0.05, 0.1) is 5.56 Å². The predicted octanol–water partition coefficient (Wildman–Crippen LogP) is 1.57. The smallest absolute Gasteiger partial charge is 0.252 e. The van der Waals surface area contributed by atoms with Gasteiger partial charge in [0.1, 0.15) is 0 Å². The minimum Gasteiger partial charge on any atom is -0.454 e. The number of carbonyl (C=O) groups excluding carboxylic acids is 2. The predicted molar refractivity (Wildman–Crippen MR) is 82.4 cm³/mol. The van der Waals surface area contributed by atoms with Gasteiger partial charge in [-0.3, -0.25) is 14.6 Å². The van der Waals surface area contributed by atoms with Crippen molar-refractivity contribution >= 4 is 17.5 Å². The number of aromatic nitrogens is 1. The molecule has 1 aromatic heterocycles. The van der Waals surface area contributed by atoms with E-state index in [1.54, 1.807) is 36.5 Å². The maximum absolute atomic E-state index is 11.9. The standard InChI is InChI=1S/C16H15N3O4/c20-15(5-7-18-16(21)11-2-1-6-17-9-11)19-12-3-4-13-14(8-12)23-10-22-13/h1-4,6,8-9H,5,7,10H2,(H,18,21)(H,19,20). The second-order valence-electron chi connectivity index (χ2n) is 4.86. The number of nitrogens with one attached hydrogen (secondary N) is 2. The van der Waals surface area contributed by atoms with Crippen molar-refractivity contribution in [1.82, 2.24) is 10.3 Å². The summed E-state index contributed by atoms with van der Waals surface area (Å²) in [6.07, 6.45) is 3.23. The van der Waals surface area contributed by atoms with Gasteiger partial charge in [-0.2, -0.15) is 0 Å². The van der Waals surface area contributed by atoms with Crippen molar-refractivity contribution in [2.45, 2.75) is 6.42 Å². The number of pyridine rings is 1. The van der Waals surface area contributed by atoms with Crippen molar-refractivity contribution in [2.24, 2.45) is 0 Å². The first-order valence-electron chi connectivity index (χ1n) is 7.10. The Labute approximate surface area is 132 Å². The summed E-state index contributed by atoms with van der Waals surface area (Å²) in [6, 6.07) is 8.52. The van der Waals surface area contributed by atoms with Crippen LogP contribution in [-0.4, -0.2) is 30.1 Å². The van der Waals surface area contributed by atoms with Crippen molar-refractivity contribution in [3.63, 3.8) is 0 Å². The van der Waals surface area contributed by atoms with Crippen LogP contribution in [0, 0.1) is 0 Å². The van der Waals surface area contributed by atoms with Crippen LogP contribution in [0.15, 0.2) is 42.7 Å². The summed E-state index contributed by atoms with van der Waals surface area (Å²) in [5.41, 5.74) is 1.08. The average molecular weight is 313 g/mol. The normalized spacial score (nSPS) is 11.8. The SMILES string of the molecule is O=C(CCNC(=O)c1cccnc1)Nc1ccc2c(c1)OCO2. The molecule has 0 spiro atoms. The molecule has 7 nitrogen and oxygen atoms in total. The molecule has 0 fully saturated rings. The van der Waals surface area contributed by atoms with Crippen LogP contribution in [0.25, 0.3) is 0 Å². The van der Waals surface area contributed by atoms with Gasteiger partial charge in [0.25, 0.3) is 5.91 Å². The van der Waals surface area contributed by atoms with E-state index in [2.05, 4.69) is 15.6 Å². The molecule has 0 saturated heterocycles. The molecular weight excluding hydrogens is 298 g/mol. The molecular formula is C16H15N3O4. The van der Waals surface area contributed by atoms with Crippen LogP contribution in [-0.2, 0) is 4.79 Å². The Bertz CT molecular complexity index is 719. The summed E-state index contributed by atoms with van der Waals surface area (Å²) < 4.78 is 10.5. The van der Waals surface area contributed by atoms with E-state index in [4.69, 9.17) is 9.47 Å². The van der Waals surface area contributed by atoms with Crippen LogP contribution in [0.3, 0.4) is 0 Å². The van der Waals surface area contributed by atoms with Crippen LogP contribution in [0.2, 0.25) is 0 Å². The molecule has 0 saturated carbocycles. The number of hydrogen-bond donors (Lipinski definition) is 2. The Hall–Kier alpha value is -3.09. The molecule has 0 unspecified atom stereocenters. The second kappa shape index (κ2) is 6.78. The average Bonchev–Trinajstić information content (AvgIpc) is 3.03. The molecule has 1 aliphatic heterocycles. The fourth-order valence-corrected chi connectivity index (χ4v) is 2.09. The number of ether oxygens (including phenoxy) is 2. The summed E-state index contributed by atoms with van der Waals surface area (Å²) >= 11 is 0. The lowest BCUT2D eigenvalue weighted by molar-refractivity contribution is -0.116. The lowest BCUT2D eigenvalue weighted by atomic mass is 10.2. The zero-order valence-corrected chi connectivity index (χ0v) is 12.2. The van der Waals surface area contributed by atoms with Gasteiger partial charge in [-0.15, -0.1) is 0 Å². The van der Waals surface area contributed by atoms with Crippen molar-refractivity contribution in [3.8, 4) is 11.5 Å². The van der Waals surface area contributed by atoms with Crippen LogP contribution in [0.5, 0.6) is 11.5 Å². The number of nitrogens with zero attached hydrogens (tertiary/aromatic N) is 1. The lowest BCUT2D eigenvalue weighted by Crippen LogP contribution is -2.27. The highest BCUT2D eigenvalue weighted by atomic mass is 16.7. The van der Waals surface area contributed by atoms with Crippen molar-refractivity contribution < 1.29 is 19.1 Å². The van der Waals surface area contributed by atoms with E-state index in [1.165, 1.54) is 6.20 Å². The third kappa shape index (κ3) is 3.76. The number of benzene rings is 1. The van der Waals surface area contributed by atoms with Crippen molar-refractivity contribution in [1.29, 1.82) is 0 Å². The molecule has 2 N–H and O–H groups in total. The van der Waals surface area contributed by atoms with Gasteiger partial charge < -0.3 is 20.1 Å². The molecule has 0 radical (unpaired) electrons. The van der Waals surface area contributed by atoms with Gasteiger partial charge in [0, 0.05) is 37.1 Å². The van der Waals surface area contributed by atoms with Gasteiger partial charge in [-0.05, 0) is 24.3 Å². The Morgan fingerprint density at radius 3 is 2.87 bits per heavy atom. The highest BCUT2D eigenvalue weighted by molar-refractivity contribution is 5.95. The minimum atomic E-state index is -0.256. The van der Waals surface area contributed by atoms with Crippen molar-refractivity contribution in [2.75, 3.05) is 18.7 Å². The van der Waals surface area contributed by atoms with E-state index < -0.39 is 0 Å². The summed E-state index contributed by atoms with van der Waals surface area (Å²) in [5.74, 6) is 0.809. The van der Waals surface area contributed by atoms with Crippen LogP contribution < -0.4 is 20.1 Å².